The molecule has 23 heavy (non-hydrogen) atoms. The van der Waals surface area contributed by atoms with E-state index in [1.165, 1.54) is 6.07 Å². The maximum atomic E-state index is 9.92. The fourth-order valence-corrected chi connectivity index (χ4v) is 2.20. The van der Waals surface area contributed by atoms with E-state index in [4.69, 9.17) is 11.6 Å². The molecular formula is C16H14ClN5O. The Labute approximate surface area is 138 Å². The van der Waals surface area contributed by atoms with Crippen LogP contribution in [0.3, 0.4) is 0 Å². The Morgan fingerprint density at radius 1 is 1.13 bits per heavy atom. The molecule has 0 bridgehead atoms. The molecule has 2 aromatic heterocycles. The molecule has 0 fully saturated rings. The molecule has 3 rings (SSSR count). The van der Waals surface area contributed by atoms with Crippen LogP contribution in [0.2, 0.25) is 5.02 Å². The second-order valence-electron chi connectivity index (χ2n) is 4.74. The van der Waals surface area contributed by atoms with Crippen LogP contribution in [0.5, 0.6) is 5.75 Å². The molecule has 0 aliphatic rings. The van der Waals surface area contributed by atoms with Crippen molar-refractivity contribution in [3.8, 4) is 17.0 Å². The van der Waals surface area contributed by atoms with Crippen LogP contribution in [-0.2, 0) is 0 Å². The van der Waals surface area contributed by atoms with Crippen molar-refractivity contribution in [2.75, 3.05) is 17.7 Å². The maximum absolute atomic E-state index is 9.92. The molecule has 0 atom stereocenters. The standard InChI is InChI=1S/C16H14ClN5O/c1-18-16-21-12(10-3-2-6-19-9-10)8-15(22-16)20-13-7-11(17)4-5-14(13)23/h2-9,23H,1H3,(H2,18,20,21,22). The second kappa shape index (κ2) is 6.50. The number of hydrogen-bond donors (Lipinski definition) is 3. The van der Waals surface area contributed by atoms with Crippen molar-refractivity contribution < 1.29 is 5.11 Å². The van der Waals surface area contributed by atoms with Gasteiger partial charge in [-0.1, -0.05) is 11.6 Å². The molecule has 6 nitrogen and oxygen atoms in total. The summed E-state index contributed by atoms with van der Waals surface area (Å²) in [5.74, 6) is 1.07. The first-order chi connectivity index (χ1) is 11.2. The van der Waals surface area contributed by atoms with E-state index in [0.717, 1.165) is 5.56 Å². The minimum Gasteiger partial charge on any atom is -0.506 e. The summed E-state index contributed by atoms with van der Waals surface area (Å²) in [4.78, 5) is 12.8. The van der Waals surface area contributed by atoms with Gasteiger partial charge in [-0.25, -0.2) is 4.98 Å². The molecule has 2 heterocycles. The first-order valence-corrected chi connectivity index (χ1v) is 7.26. The zero-order chi connectivity index (χ0) is 16.2. The van der Waals surface area contributed by atoms with Crippen LogP contribution < -0.4 is 10.6 Å². The number of nitrogens with zero attached hydrogens (tertiary/aromatic N) is 3. The highest BCUT2D eigenvalue weighted by Gasteiger charge is 2.09. The summed E-state index contributed by atoms with van der Waals surface area (Å²) in [6, 6.07) is 10.3. The van der Waals surface area contributed by atoms with Crippen LogP contribution in [0.4, 0.5) is 17.5 Å². The van der Waals surface area contributed by atoms with Crippen molar-refractivity contribution in [3.05, 3.63) is 53.8 Å². The summed E-state index contributed by atoms with van der Waals surface area (Å²) in [5.41, 5.74) is 2.04. The highest BCUT2D eigenvalue weighted by Crippen LogP contribution is 2.30. The maximum Gasteiger partial charge on any atom is 0.224 e. The Balaban J connectivity index is 2.00. The number of phenolic OH excluding ortho intramolecular Hbond substituents is 1. The highest BCUT2D eigenvalue weighted by atomic mass is 35.5. The van der Waals surface area contributed by atoms with E-state index in [9.17, 15) is 5.11 Å². The average molecular weight is 328 g/mol. The smallest absolute Gasteiger partial charge is 0.224 e. The molecule has 0 spiro atoms. The van der Waals surface area contributed by atoms with Crippen LogP contribution in [0.1, 0.15) is 0 Å². The summed E-state index contributed by atoms with van der Waals surface area (Å²) in [6.45, 7) is 0. The summed E-state index contributed by atoms with van der Waals surface area (Å²) in [5, 5.41) is 16.4. The van der Waals surface area contributed by atoms with Gasteiger partial charge in [0.2, 0.25) is 5.95 Å². The SMILES string of the molecule is CNc1nc(Nc2cc(Cl)ccc2O)cc(-c2cccnc2)n1. The predicted octanol–water partition coefficient (Wildman–Crippen LogP) is 3.68. The molecular weight excluding hydrogens is 314 g/mol. The summed E-state index contributed by atoms with van der Waals surface area (Å²) >= 11 is 5.96. The summed E-state index contributed by atoms with van der Waals surface area (Å²) in [6.07, 6.45) is 3.43. The van der Waals surface area contributed by atoms with Crippen molar-refractivity contribution in [3.63, 3.8) is 0 Å². The van der Waals surface area contributed by atoms with E-state index >= 15 is 0 Å². The zero-order valence-electron chi connectivity index (χ0n) is 12.3. The molecule has 3 aromatic rings. The van der Waals surface area contributed by atoms with Gasteiger partial charge in [0.25, 0.3) is 0 Å². The van der Waals surface area contributed by atoms with Gasteiger partial charge in [-0.2, -0.15) is 4.98 Å². The van der Waals surface area contributed by atoms with Crippen molar-refractivity contribution >= 4 is 29.1 Å². The molecule has 0 saturated carbocycles. The molecule has 0 saturated heterocycles. The Hall–Kier alpha value is -2.86. The number of aromatic hydroxyl groups is 1. The van der Waals surface area contributed by atoms with Gasteiger partial charge in [0.15, 0.2) is 0 Å². The topological polar surface area (TPSA) is 83.0 Å². The number of aromatic nitrogens is 3. The molecule has 7 heteroatoms. The van der Waals surface area contributed by atoms with Crippen molar-refractivity contribution in [2.45, 2.75) is 0 Å². The molecule has 0 radical (unpaired) electrons. The molecule has 1 aromatic carbocycles. The van der Waals surface area contributed by atoms with Crippen LogP contribution in [0.15, 0.2) is 48.8 Å². The van der Waals surface area contributed by atoms with Crippen LogP contribution in [0, 0.1) is 0 Å². The Bertz CT molecular complexity index is 826. The zero-order valence-corrected chi connectivity index (χ0v) is 13.0. The van der Waals surface area contributed by atoms with E-state index in [-0.39, 0.29) is 5.75 Å². The average Bonchev–Trinajstić information content (AvgIpc) is 2.58. The van der Waals surface area contributed by atoms with Gasteiger partial charge in [0.05, 0.1) is 11.4 Å². The third kappa shape index (κ3) is 3.49. The van der Waals surface area contributed by atoms with Crippen molar-refractivity contribution in [1.82, 2.24) is 15.0 Å². The number of anilines is 3. The first kappa shape index (κ1) is 15.1. The van der Waals surface area contributed by atoms with Gasteiger partial charge >= 0.3 is 0 Å². The quantitative estimate of drug-likeness (QED) is 0.634. The van der Waals surface area contributed by atoms with Crippen LogP contribution in [-0.4, -0.2) is 27.1 Å². The normalized spacial score (nSPS) is 10.3. The number of halogens is 1. The lowest BCUT2D eigenvalue weighted by molar-refractivity contribution is 0.477. The lowest BCUT2D eigenvalue weighted by Gasteiger charge is -2.11. The second-order valence-corrected chi connectivity index (χ2v) is 5.18. The van der Waals surface area contributed by atoms with Gasteiger partial charge in [0, 0.05) is 36.1 Å². The van der Waals surface area contributed by atoms with Gasteiger partial charge in [-0.3, -0.25) is 4.98 Å². The predicted molar refractivity (Wildman–Crippen MR) is 91.2 cm³/mol. The van der Waals surface area contributed by atoms with Gasteiger partial charge < -0.3 is 15.7 Å². The van der Waals surface area contributed by atoms with Crippen molar-refractivity contribution in [2.24, 2.45) is 0 Å². The lowest BCUT2D eigenvalue weighted by Crippen LogP contribution is -2.02. The van der Waals surface area contributed by atoms with E-state index in [1.807, 2.05) is 12.1 Å². The number of rotatable bonds is 4. The van der Waals surface area contributed by atoms with Gasteiger partial charge in [-0.05, 0) is 30.3 Å². The first-order valence-electron chi connectivity index (χ1n) is 6.88. The van der Waals surface area contributed by atoms with E-state index in [1.54, 1.807) is 37.6 Å². The minimum atomic E-state index is 0.0851. The fourth-order valence-electron chi connectivity index (χ4n) is 2.03. The van der Waals surface area contributed by atoms with E-state index < -0.39 is 0 Å². The Kier molecular flexibility index (Phi) is 4.25. The number of hydrogen-bond acceptors (Lipinski definition) is 6. The van der Waals surface area contributed by atoms with Gasteiger partial charge in [-0.15, -0.1) is 0 Å². The monoisotopic (exact) mass is 327 g/mol. The molecule has 3 N–H and O–H groups in total. The molecule has 116 valence electrons. The number of benzene rings is 1. The largest absolute Gasteiger partial charge is 0.506 e. The minimum absolute atomic E-state index is 0.0851. The molecule has 0 aliphatic carbocycles. The Morgan fingerprint density at radius 3 is 2.74 bits per heavy atom. The third-order valence-electron chi connectivity index (χ3n) is 3.13. The summed E-state index contributed by atoms with van der Waals surface area (Å²) < 4.78 is 0. The Morgan fingerprint density at radius 2 is 2.00 bits per heavy atom. The lowest BCUT2D eigenvalue weighted by atomic mass is 10.2. The number of phenols is 1. The van der Waals surface area contributed by atoms with Crippen molar-refractivity contribution in [1.29, 1.82) is 0 Å². The summed E-state index contributed by atoms with van der Waals surface area (Å²) in [7, 11) is 1.74. The van der Waals surface area contributed by atoms with E-state index in [0.29, 0.717) is 28.2 Å². The number of nitrogens with one attached hydrogen (secondary N) is 2. The molecule has 0 unspecified atom stereocenters. The van der Waals surface area contributed by atoms with Crippen LogP contribution in [0.25, 0.3) is 11.3 Å². The van der Waals surface area contributed by atoms with Gasteiger partial charge in [0.1, 0.15) is 11.6 Å². The van der Waals surface area contributed by atoms with E-state index in [2.05, 4.69) is 25.6 Å². The molecule has 0 amide bonds. The number of pyridine rings is 1. The third-order valence-corrected chi connectivity index (χ3v) is 3.36. The van der Waals surface area contributed by atoms with Crippen LogP contribution >= 0.6 is 11.6 Å². The molecule has 0 aliphatic heterocycles. The fraction of sp³-hybridized carbons (Fsp3) is 0.0625. The highest BCUT2D eigenvalue weighted by molar-refractivity contribution is 6.30.